The lowest BCUT2D eigenvalue weighted by Gasteiger charge is -2.31. The van der Waals surface area contributed by atoms with Gasteiger partial charge in [0.1, 0.15) is 5.69 Å². The van der Waals surface area contributed by atoms with E-state index < -0.39 is 0 Å². The Labute approximate surface area is 145 Å². The van der Waals surface area contributed by atoms with Gasteiger partial charge in [0.05, 0.1) is 12.9 Å². The van der Waals surface area contributed by atoms with Gasteiger partial charge in [0.2, 0.25) is 0 Å². The summed E-state index contributed by atoms with van der Waals surface area (Å²) >= 11 is 7.90. The summed E-state index contributed by atoms with van der Waals surface area (Å²) < 4.78 is 2.00. The zero-order chi connectivity index (χ0) is 15.8. The predicted octanol–water partition coefficient (Wildman–Crippen LogP) is 4.61. The van der Waals surface area contributed by atoms with Crippen molar-refractivity contribution in [2.24, 2.45) is 18.0 Å². The number of nitrogens with zero attached hydrogens (tertiary/aromatic N) is 4. The van der Waals surface area contributed by atoms with Gasteiger partial charge in [-0.05, 0) is 43.0 Å². The molecule has 1 aliphatic carbocycles. The fourth-order valence-electron chi connectivity index (χ4n) is 2.88. The molecule has 2 heterocycles. The average molecular weight is 347 g/mol. The molecule has 0 radical (unpaired) electrons. The molecule has 0 spiro atoms. The molecule has 1 aromatic heterocycles. The van der Waals surface area contributed by atoms with Crippen LogP contribution < -0.4 is 4.90 Å². The van der Waals surface area contributed by atoms with E-state index in [0.29, 0.717) is 0 Å². The second kappa shape index (κ2) is 6.21. The number of hydrogen-bond donors (Lipinski definition) is 0. The quantitative estimate of drug-likeness (QED) is 0.813. The number of aromatic nitrogens is 2. The first kappa shape index (κ1) is 15.1. The van der Waals surface area contributed by atoms with E-state index in [4.69, 9.17) is 16.6 Å². The third-order valence-electron chi connectivity index (χ3n) is 4.53. The van der Waals surface area contributed by atoms with Gasteiger partial charge in [-0.2, -0.15) is 0 Å². The molecule has 1 aliphatic heterocycles. The third-order valence-corrected chi connectivity index (χ3v) is 5.99. The summed E-state index contributed by atoms with van der Waals surface area (Å²) in [5, 5.41) is 1.82. The number of rotatable bonds is 3. The minimum atomic E-state index is 0.755. The van der Waals surface area contributed by atoms with Crippen molar-refractivity contribution in [1.82, 2.24) is 9.55 Å². The number of aliphatic imine (C=N–C) groups is 1. The highest BCUT2D eigenvalue weighted by atomic mass is 35.5. The molecule has 0 N–H and O–H groups in total. The van der Waals surface area contributed by atoms with E-state index in [0.717, 1.165) is 45.6 Å². The summed E-state index contributed by atoms with van der Waals surface area (Å²) in [6.45, 7) is 0.758. The van der Waals surface area contributed by atoms with Crippen molar-refractivity contribution in [2.75, 3.05) is 10.7 Å². The molecule has 0 saturated heterocycles. The Bertz CT molecular complexity index is 734. The Balaban J connectivity index is 1.64. The van der Waals surface area contributed by atoms with Crippen LogP contribution in [0, 0.1) is 5.92 Å². The first-order valence-electron chi connectivity index (χ1n) is 7.95. The molecule has 1 fully saturated rings. The Hall–Kier alpha value is -1.46. The molecule has 2 aliphatic rings. The molecule has 0 bridgehead atoms. The lowest BCUT2D eigenvalue weighted by molar-refractivity contribution is 0.353. The van der Waals surface area contributed by atoms with Crippen LogP contribution in [0.3, 0.4) is 0 Å². The van der Waals surface area contributed by atoms with E-state index in [1.165, 1.54) is 19.3 Å². The van der Waals surface area contributed by atoms with Gasteiger partial charge in [-0.3, -0.25) is 0 Å². The van der Waals surface area contributed by atoms with Crippen LogP contribution in [0.15, 0.2) is 35.6 Å². The fraction of sp³-hybridized carbons (Fsp3) is 0.412. The number of aryl methyl sites for hydroxylation is 1. The van der Waals surface area contributed by atoms with E-state index in [1.807, 2.05) is 41.8 Å². The van der Waals surface area contributed by atoms with Crippen LogP contribution in [-0.4, -0.2) is 20.5 Å². The zero-order valence-electron chi connectivity index (χ0n) is 13.1. The van der Waals surface area contributed by atoms with Gasteiger partial charge in [-0.1, -0.05) is 29.8 Å². The largest absolute Gasteiger partial charge is 0.319 e. The van der Waals surface area contributed by atoms with Gasteiger partial charge in [0, 0.05) is 23.5 Å². The first-order valence-corrected chi connectivity index (χ1v) is 9.32. The molecular formula is C17H19ClN4S. The summed E-state index contributed by atoms with van der Waals surface area (Å²) in [6.07, 6.45) is 5.94. The van der Waals surface area contributed by atoms with Crippen molar-refractivity contribution < 1.29 is 0 Å². The molecule has 0 atom stereocenters. The fourth-order valence-corrected chi connectivity index (χ4v) is 4.20. The number of thioether (sulfide) groups is 1. The maximum atomic E-state index is 6.03. The van der Waals surface area contributed by atoms with Gasteiger partial charge in [-0.15, -0.1) is 0 Å². The monoisotopic (exact) mass is 346 g/mol. The van der Waals surface area contributed by atoms with Crippen LogP contribution in [0.1, 0.15) is 25.0 Å². The Morgan fingerprint density at radius 3 is 2.74 bits per heavy atom. The van der Waals surface area contributed by atoms with Crippen LogP contribution in [0.2, 0.25) is 5.02 Å². The molecule has 4 rings (SSSR count). The molecule has 1 saturated carbocycles. The molecule has 4 nitrogen and oxygen atoms in total. The molecule has 120 valence electrons. The number of fused-ring (bicyclic) bond motifs is 1. The normalized spacial score (nSPS) is 17.7. The standard InChI is InChI=1S/C17H19ClN4S/c1-21-11-19-15-9-22(14-7-5-13(18)6-8-14)17(20-16(15)21)23-10-12-3-2-4-12/h5-8,11-12H,2-4,9-10H2,1H3. The van der Waals surface area contributed by atoms with Gasteiger partial charge in [0.25, 0.3) is 0 Å². The molecule has 6 heteroatoms. The Morgan fingerprint density at radius 2 is 2.04 bits per heavy atom. The van der Waals surface area contributed by atoms with Crippen LogP contribution >= 0.6 is 23.4 Å². The smallest absolute Gasteiger partial charge is 0.170 e. The van der Waals surface area contributed by atoms with Crippen molar-refractivity contribution in [1.29, 1.82) is 0 Å². The van der Waals surface area contributed by atoms with Crippen LogP contribution in [0.25, 0.3) is 0 Å². The van der Waals surface area contributed by atoms with Gasteiger partial charge in [0.15, 0.2) is 11.0 Å². The molecule has 0 amide bonds. The van der Waals surface area contributed by atoms with Crippen LogP contribution in [0.5, 0.6) is 0 Å². The number of halogens is 1. The summed E-state index contributed by atoms with van der Waals surface area (Å²) in [7, 11) is 2.00. The number of anilines is 1. The Kier molecular flexibility index (Phi) is 4.07. The number of imidazole rings is 1. The van der Waals surface area contributed by atoms with Crippen molar-refractivity contribution >= 4 is 40.0 Å². The number of benzene rings is 1. The summed E-state index contributed by atoms with van der Waals surface area (Å²) in [6, 6.07) is 7.96. The molecule has 23 heavy (non-hydrogen) atoms. The predicted molar refractivity (Wildman–Crippen MR) is 97.7 cm³/mol. The maximum absolute atomic E-state index is 6.03. The van der Waals surface area contributed by atoms with E-state index in [2.05, 4.69) is 22.0 Å². The number of hydrogen-bond acceptors (Lipinski definition) is 4. The lowest BCUT2D eigenvalue weighted by Crippen LogP contribution is -2.32. The van der Waals surface area contributed by atoms with Gasteiger partial charge >= 0.3 is 0 Å². The van der Waals surface area contributed by atoms with Crippen LogP contribution in [0.4, 0.5) is 11.5 Å². The lowest BCUT2D eigenvalue weighted by atomic mass is 9.87. The minimum absolute atomic E-state index is 0.755. The second-order valence-electron chi connectivity index (χ2n) is 6.19. The van der Waals surface area contributed by atoms with Gasteiger partial charge < -0.3 is 9.47 Å². The topological polar surface area (TPSA) is 33.4 Å². The maximum Gasteiger partial charge on any atom is 0.170 e. The van der Waals surface area contributed by atoms with Crippen molar-refractivity contribution in [3.8, 4) is 0 Å². The minimum Gasteiger partial charge on any atom is -0.319 e. The van der Waals surface area contributed by atoms with Crippen molar-refractivity contribution in [3.63, 3.8) is 0 Å². The third kappa shape index (κ3) is 3.00. The summed E-state index contributed by atoms with van der Waals surface area (Å²) in [5.41, 5.74) is 2.14. The first-order chi connectivity index (χ1) is 11.2. The van der Waals surface area contributed by atoms with E-state index >= 15 is 0 Å². The number of amidine groups is 1. The second-order valence-corrected chi connectivity index (χ2v) is 7.61. The Morgan fingerprint density at radius 1 is 1.26 bits per heavy atom. The van der Waals surface area contributed by atoms with E-state index in [1.54, 1.807) is 0 Å². The molecule has 2 aromatic rings. The molecule has 1 aromatic carbocycles. The van der Waals surface area contributed by atoms with Crippen molar-refractivity contribution in [3.05, 3.63) is 41.3 Å². The highest BCUT2D eigenvalue weighted by Gasteiger charge is 2.26. The van der Waals surface area contributed by atoms with E-state index in [-0.39, 0.29) is 0 Å². The highest BCUT2D eigenvalue weighted by molar-refractivity contribution is 8.14. The highest BCUT2D eigenvalue weighted by Crippen LogP contribution is 2.35. The SMILES string of the molecule is Cn1cnc2c1N=C(SCC1CCC1)N(c1ccc(Cl)cc1)C2. The van der Waals surface area contributed by atoms with Gasteiger partial charge in [-0.25, -0.2) is 9.98 Å². The van der Waals surface area contributed by atoms with Crippen LogP contribution in [-0.2, 0) is 13.6 Å². The molecular weight excluding hydrogens is 328 g/mol. The zero-order valence-corrected chi connectivity index (χ0v) is 14.6. The summed E-state index contributed by atoms with van der Waals surface area (Å²) in [4.78, 5) is 11.6. The average Bonchev–Trinajstić information content (AvgIpc) is 2.87. The molecule has 0 unspecified atom stereocenters. The van der Waals surface area contributed by atoms with E-state index in [9.17, 15) is 0 Å². The van der Waals surface area contributed by atoms with Crippen molar-refractivity contribution in [2.45, 2.75) is 25.8 Å². The summed E-state index contributed by atoms with van der Waals surface area (Å²) in [5.74, 6) is 2.98.